The largest absolute Gasteiger partial charge is 0.444 e. The molecule has 1 aliphatic rings. The molecule has 0 saturated carbocycles. The number of hydrogen-bond donors (Lipinski definition) is 2. The monoisotopic (exact) mass is 325 g/mol. The Kier molecular flexibility index (Phi) is 3.96. The summed E-state index contributed by atoms with van der Waals surface area (Å²) in [6, 6.07) is 0.0710. The van der Waals surface area contributed by atoms with Crippen LogP contribution < -0.4 is 15.8 Å². The number of aromatic amines is 1. The third-order valence-corrected chi connectivity index (χ3v) is 3.54. The Morgan fingerprint density at radius 1 is 1.59 bits per heavy atom. The summed E-state index contributed by atoms with van der Waals surface area (Å²) in [7, 11) is 0. The first-order valence-electron chi connectivity index (χ1n) is 6.49. The Labute approximate surface area is 129 Å². The Hall–Kier alpha value is -2.55. The second-order valence-electron chi connectivity index (χ2n) is 4.62. The van der Waals surface area contributed by atoms with Gasteiger partial charge in [0, 0.05) is 13.0 Å². The first-order chi connectivity index (χ1) is 10.6. The number of rotatable bonds is 3. The van der Waals surface area contributed by atoms with Crippen LogP contribution in [0.1, 0.15) is 6.42 Å². The maximum atomic E-state index is 11.7. The van der Waals surface area contributed by atoms with Crippen LogP contribution in [0, 0.1) is 0 Å². The molecule has 9 nitrogen and oxygen atoms in total. The maximum absolute atomic E-state index is 11.7. The van der Waals surface area contributed by atoms with Gasteiger partial charge in [0.15, 0.2) is 0 Å². The molecule has 22 heavy (non-hydrogen) atoms. The molecule has 2 aromatic heterocycles. The minimum absolute atomic E-state index is 0.0693. The van der Waals surface area contributed by atoms with Gasteiger partial charge in [-0.3, -0.25) is 4.79 Å². The summed E-state index contributed by atoms with van der Waals surface area (Å²) in [5.41, 5.74) is 0.0646. The molecule has 0 radical (unpaired) electrons. The Bertz CT molecular complexity index is 717. The highest BCUT2D eigenvalue weighted by Gasteiger charge is 2.28. The number of nitrogens with zero attached hydrogens (tertiary/aromatic N) is 3. The molecule has 1 amide bonds. The molecule has 1 fully saturated rings. The van der Waals surface area contributed by atoms with Crippen molar-refractivity contribution in [2.45, 2.75) is 12.5 Å². The van der Waals surface area contributed by atoms with E-state index in [0.29, 0.717) is 25.2 Å². The lowest BCUT2D eigenvalue weighted by Crippen LogP contribution is -2.28. The number of hydrogen-bond acceptors (Lipinski definition) is 7. The van der Waals surface area contributed by atoms with Crippen molar-refractivity contribution in [3.8, 4) is 0 Å². The second-order valence-corrected chi connectivity index (χ2v) is 5.00. The van der Waals surface area contributed by atoms with E-state index < -0.39 is 11.7 Å². The van der Waals surface area contributed by atoms with E-state index in [-0.39, 0.29) is 17.1 Å². The molecule has 0 aromatic carbocycles. The van der Waals surface area contributed by atoms with E-state index in [1.165, 1.54) is 18.7 Å². The average molecular weight is 326 g/mol. The van der Waals surface area contributed by atoms with Gasteiger partial charge >= 0.3 is 12.1 Å². The van der Waals surface area contributed by atoms with Crippen LogP contribution in [0.3, 0.4) is 0 Å². The smallest absolute Gasteiger partial charge is 0.415 e. The van der Waals surface area contributed by atoms with Crippen molar-refractivity contribution in [2.24, 2.45) is 0 Å². The van der Waals surface area contributed by atoms with Crippen molar-refractivity contribution in [3.63, 3.8) is 0 Å². The molecule has 0 aliphatic carbocycles. The molecular weight excluding hydrogens is 314 g/mol. The number of amides is 1. The fourth-order valence-corrected chi connectivity index (χ4v) is 2.40. The van der Waals surface area contributed by atoms with Crippen molar-refractivity contribution in [2.75, 3.05) is 23.3 Å². The van der Waals surface area contributed by atoms with Crippen molar-refractivity contribution in [1.82, 2.24) is 15.2 Å². The van der Waals surface area contributed by atoms with Gasteiger partial charge in [0.05, 0.1) is 24.6 Å². The Morgan fingerprint density at radius 2 is 2.45 bits per heavy atom. The Morgan fingerprint density at radius 3 is 3.23 bits per heavy atom. The molecule has 0 bridgehead atoms. The standard InChI is InChI=1S/C12H12ClN5O4/c13-9-8(5-15-17-10(9)19)18-3-1-7(6-18)22-12(20)16-11-14-2-4-21-11/h2,4-5,7H,1,3,6H2,(H,17,19)(H,14,16,20). The van der Waals surface area contributed by atoms with Crippen LogP contribution in [0.5, 0.6) is 0 Å². The summed E-state index contributed by atoms with van der Waals surface area (Å²) < 4.78 is 10.2. The molecule has 1 saturated heterocycles. The lowest BCUT2D eigenvalue weighted by atomic mass is 10.3. The first-order valence-corrected chi connectivity index (χ1v) is 6.86. The molecule has 0 spiro atoms. The van der Waals surface area contributed by atoms with E-state index in [4.69, 9.17) is 20.8 Å². The van der Waals surface area contributed by atoms with E-state index in [2.05, 4.69) is 20.5 Å². The van der Waals surface area contributed by atoms with Crippen LogP contribution in [0.2, 0.25) is 5.02 Å². The van der Waals surface area contributed by atoms with Gasteiger partial charge in [-0.25, -0.2) is 20.2 Å². The summed E-state index contributed by atoms with van der Waals surface area (Å²) in [4.78, 5) is 28.7. The predicted octanol–water partition coefficient (Wildman–Crippen LogP) is 1.24. The highest BCUT2D eigenvalue weighted by Crippen LogP contribution is 2.25. The van der Waals surface area contributed by atoms with Gasteiger partial charge in [-0.15, -0.1) is 0 Å². The van der Waals surface area contributed by atoms with Crippen LogP contribution in [-0.2, 0) is 4.74 Å². The number of halogens is 1. The number of oxazole rings is 1. The van der Waals surface area contributed by atoms with Crippen LogP contribution >= 0.6 is 11.6 Å². The number of anilines is 2. The van der Waals surface area contributed by atoms with Gasteiger partial charge in [0.1, 0.15) is 17.4 Å². The topological polar surface area (TPSA) is 113 Å². The van der Waals surface area contributed by atoms with Gasteiger partial charge in [-0.1, -0.05) is 11.6 Å². The Balaban J connectivity index is 1.59. The molecule has 10 heteroatoms. The molecule has 2 aromatic rings. The third-order valence-electron chi connectivity index (χ3n) is 3.18. The fourth-order valence-electron chi connectivity index (χ4n) is 2.19. The van der Waals surface area contributed by atoms with Crippen LogP contribution in [0.25, 0.3) is 0 Å². The minimum atomic E-state index is -0.649. The average Bonchev–Trinajstić information content (AvgIpc) is 3.14. The minimum Gasteiger partial charge on any atom is -0.444 e. The first kappa shape index (κ1) is 14.4. The molecule has 116 valence electrons. The fraction of sp³-hybridized carbons (Fsp3) is 0.333. The zero-order valence-corrected chi connectivity index (χ0v) is 12.0. The van der Waals surface area contributed by atoms with Gasteiger partial charge in [0.2, 0.25) is 0 Å². The van der Waals surface area contributed by atoms with E-state index in [1.807, 2.05) is 4.90 Å². The molecule has 3 heterocycles. The molecule has 1 unspecified atom stereocenters. The third kappa shape index (κ3) is 3.03. The number of nitrogens with one attached hydrogen (secondary N) is 2. The van der Waals surface area contributed by atoms with Crippen LogP contribution in [-0.4, -0.2) is 40.5 Å². The summed E-state index contributed by atoms with van der Waals surface area (Å²) in [6.45, 7) is 1.02. The van der Waals surface area contributed by atoms with Crippen molar-refractivity contribution in [1.29, 1.82) is 0 Å². The molecule has 1 aliphatic heterocycles. The second kappa shape index (κ2) is 6.06. The SMILES string of the molecule is O=C(Nc1ncco1)OC1CCN(c2cn[nH]c(=O)c2Cl)C1. The highest BCUT2D eigenvalue weighted by molar-refractivity contribution is 6.33. The van der Waals surface area contributed by atoms with Crippen LogP contribution in [0.15, 0.2) is 27.9 Å². The van der Waals surface area contributed by atoms with Crippen molar-refractivity contribution < 1.29 is 13.9 Å². The highest BCUT2D eigenvalue weighted by atomic mass is 35.5. The van der Waals surface area contributed by atoms with E-state index >= 15 is 0 Å². The van der Waals surface area contributed by atoms with E-state index in [1.54, 1.807) is 0 Å². The zero-order chi connectivity index (χ0) is 15.5. The molecular formula is C12H12ClN5O4. The number of aromatic nitrogens is 3. The normalized spacial score (nSPS) is 17.5. The summed E-state index contributed by atoms with van der Waals surface area (Å²) >= 11 is 5.96. The number of H-pyrrole nitrogens is 1. The van der Waals surface area contributed by atoms with Crippen LogP contribution in [0.4, 0.5) is 16.5 Å². The maximum Gasteiger partial charge on any atom is 0.415 e. The van der Waals surface area contributed by atoms with Crippen molar-refractivity contribution in [3.05, 3.63) is 34.0 Å². The summed E-state index contributed by atoms with van der Waals surface area (Å²) in [5.74, 6) is 0. The van der Waals surface area contributed by atoms with Gasteiger partial charge < -0.3 is 14.1 Å². The quantitative estimate of drug-likeness (QED) is 0.872. The predicted molar refractivity (Wildman–Crippen MR) is 77.1 cm³/mol. The summed E-state index contributed by atoms with van der Waals surface area (Å²) in [6.07, 6.45) is 3.86. The number of carbonyl (C=O) groups is 1. The van der Waals surface area contributed by atoms with Gasteiger partial charge in [-0.2, -0.15) is 5.10 Å². The molecule has 1 atom stereocenters. The van der Waals surface area contributed by atoms with Gasteiger partial charge in [0.25, 0.3) is 5.56 Å². The summed E-state index contributed by atoms with van der Waals surface area (Å²) in [5, 5.41) is 8.42. The molecule has 2 N–H and O–H groups in total. The van der Waals surface area contributed by atoms with E-state index in [0.717, 1.165) is 0 Å². The van der Waals surface area contributed by atoms with E-state index in [9.17, 15) is 9.59 Å². The lowest BCUT2D eigenvalue weighted by molar-refractivity contribution is 0.121. The number of carbonyl (C=O) groups excluding carboxylic acids is 1. The van der Waals surface area contributed by atoms with Gasteiger partial charge in [-0.05, 0) is 0 Å². The zero-order valence-electron chi connectivity index (χ0n) is 11.3. The molecule has 3 rings (SSSR count). The lowest BCUT2D eigenvalue weighted by Gasteiger charge is -2.18. The van der Waals surface area contributed by atoms with Crippen molar-refractivity contribution >= 4 is 29.4 Å². The number of ether oxygens (including phenoxy) is 1.